The molecule has 0 radical (unpaired) electrons. The highest BCUT2D eigenvalue weighted by Crippen LogP contribution is 2.37. The summed E-state index contributed by atoms with van der Waals surface area (Å²) in [7, 11) is 0. The molecule has 7 nitrogen and oxygen atoms in total. The third kappa shape index (κ3) is 2.26. The third-order valence-corrected chi connectivity index (χ3v) is 3.56. The molecule has 7 heteroatoms. The van der Waals surface area contributed by atoms with Crippen LogP contribution < -0.4 is 5.32 Å². The fraction of sp³-hybridized carbons (Fsp3) is 0.462. The van der Waals surface area contributed by atoms with Crippen LogP contribution in [-0.4, -0.2) is 26.0 Å². The molecule has 0 bridgehead atoms. The minimum atomic E-state index is -0.549. The average Bonchev–Trinajstić information content (AvgIpc) is 3.10. The van der Waals surface area contributed by atoms with Crippen LogP contribution in [-0.2, 0) is 5.54 Å². The first-order valence-corrected chi connectivity index (χ1v) is 6.59. The van der Waals surface area contributed by atoms with Gasteiger partial charge in [-0.25, -0.2) is 4.98 Å². The van der Waals surface area contributed by atoms with Crippen molar-refractivity contribution >= 4 is 5.91 Å². The summed E-state index contributed by atoms with van der Waals surface area (Å²) in [6.07, 6.45) is 8.12. The maximum Gasteiger partial charge on any atom is 0.272 e. The summed E-state index contributed by atoms with van der Waals surface area (Å²) in [5.74, 6) is 0.784. The van der Waals surface area contributed by atoms with E-state index in [0.717, 1.165) is 25.7 Å². The maximum absolute atomic E-state index is 12.3. The molecule has 104 valence electrons. The van der Waals surface area contributed by atoms with Gasteiger partial charge in [-0.15, -0.1) is 0 Å². The van der Waals surface area contributed by atoms with Gasteiger partial charge < -0.3 is 9.84 Å². The molecule has 2 aromatic rings. The SMILES string of the molecule is Cc1nc(C2(NC(=O)c3cnccn3)CCCC2)no1. The van der Waals surface area contributed by atoms with Gasteiger partial charge in [-0.2, -0.15) is 4.98 Å². The molecule has 1 saturated carbocycles. The second kappa shape index (κ2) is 4.99. The first kappa shape index (κ1) is 12.7. The van der Waals surface area contributed by atoms with Crippen LogP contribution in [0.5, 0.6) is 0 Å². The average molecular weight is 273 g/mol. The first-order chi connectivity index (χ1) is 9.70. The molecule has 1 aliphatic rings. The monoisotopic (exact) mass is 273 g/mol. The molecule has 0 aliphatic heterocycles. The first-order valence-electron chi connectivity index (χ1n) is 6.59. The summed E-state index contributed by atoms with van der Waals surface area (Å²) >= 11 is 0. The normalized spacial score (nSPS) is 17.1. The Morgan fingerprint density at radius 3 is 2.75 bits per heavy atom. The largest absolute Gasteiger partial charge is 0.340 e. The number of hydrogen-bond donors (Lipinski definition) is 1. The van der Waals surface area contributed by atoms with Crippen molar-refractivity contribution in [3.63, 3.8) is 0 Å². The lowest BCUT2D eigenvalue weighted by Crippen LogP contribution is -2.45. The fourth-order valence-electron chi connectivity index (χ4n) is 2.57. The zero-order valence-electron chi connectivity index (χ0n) is 11.2. The van der Waals surface area contributed by atoms with Crippen molar-refractivity contribution in [2.24, 2.45) is 0 Å². The number of nitrogens with zero attached hydrogens (tertiary/aromatic N) is 4. The second-order valence-corrected chi connectivity index (χ2v) is 4.97. The van der Waals surface area contributed by atoms with Gasteiger partial charge in [0.05, 0.1) is 6.20 Å². The molecule has 0 atom stereocenters. The zero-order chi connectivity index (χ0) is 14.0. The highest BCUT2D eigenvalue weighted by atomic mass is 16.5. The fourth-order valence-corrected chi connectivity index (χ4v) is 2.57. The lowest BCUT2D eigenvalue weighted by atomic mass is 9.96. The van der Waals surface area contributed by atoms with E-state index in [1.165, 1.54) is 18.6 Å². The van der Waals surface area contributed by atoms with Gasteiger partial charge in [0.2, 0.25) is 5.89 Å². The van der Waals surface area contributed by atoms with Crippen LogP contribution in [0.1, 0.15) is 47.9 Å². The van der Waals surface area contributed by atoms with Crippen LogP contribution in [0.25, 0.3) is 0 Å². The van der Waals surface area contributed by atoms with Crippen LogP contribution in [0.15, 0.2) is 23.1 Å². The Labute approximate surface area is 115 Å². The van der Waals surface area contributed by atoms with Gasteiger partial charge >= 0.3 is 0 Å². The smallest absolute Gasteiger partial charge is 0.272 e. The van der Waals surface area contributed by atoms with E-state index in [4.69, 9.17) is 4.52 Å². The highest BCUT2D eigenvalue weighted by Gasteiger charge is 2.41. The summed E-state index contributed by atoms with van der Waals surface area (Å²) in [4.78, 5) is 24.5. The summed E-state index contributed by atoms with van der Waals surface area (Å²) < 4.78 is 5.05. The van der Waals surface area contributed by atoms with E-state index in [-0.39, 0.29) is 5.91 Å². The molecule has 1 amide bonds. The van der Waals surface area contributed by atoms with Crippen LogP contribution in [0.2, 0.25) is 0 Å². The molecule has 1 fully saturated rings. The lowest BCUT2D eigenvalue weighted by Gasteiger charge is -2.26. The Balaban J connectivity index is 1.87. The molecule has 3 rings (SSSR count). The van der Waals surface area contributed by atoms with Crippen molar-refractivity contribution in [2.75, 3.05) is 0 Å². The van der Waals surface area contributed by atoms with Crippen molar-refractivity contribution in [1.29, 1.82) is 0 Å². The van der Waals surface area contributed by atoms with E-state index < -0.39 is 5.54 Å². The quantitative estimate of drug-likeness (QED) is 0.907. The molecular weight excluding hydrogens is 258 g/mol. The second-order valence-electron chi connectivity index (χ2n) is 4.97. The van der Waals surface area contributed by atoms with Crippen molar-refractivity contribution < 1.29 is 9.32 Å². The van der Waals surface area contributed by atoms with Crippen LogP contribution in [0.3, 0.4) is 0 Å². The van der Waals surface area contributed by atoms with E-state index >= 15 is 0 Å². The van der Waals surface area contributed by atoms with Gasteiger partial charge in [-0.1, -0.05) is 18.0 Å². The molecule has 20 heavy (non-hydrogen) atoms. The van der Waals surface area contributed by atoms with E-state index in [1.807, 2.05) is 0 Å². The summed E-state index contributed by atoms with van der Waals surface area (Å²) in [6.45, 7) is 1.74. The number of hydrogen-bond acceptors (Lipinski definition) is 6. The lowest BCUT2D eigenvalue weighted by molar-refractivity contribution is 0.0886. The van der Waals surface area contributed by atoms with Crippen molar-refractivity contribution in [2.45, 2.75) is 38.1 Å². The van der Waals surface area contributed by atoms with Gasteiger partial charge in [-0.05, 0) is 12.8 Å². The topological polar surface area (TPSA) is 93.8 Å². The zero-order valence-corrected chi connectivity index (χ0v) is 11.2. The van der Waals surface area contributed by atoms with E-state index in [0.29, 0.717) is 17.4 Å². The van der Waals surface area contributed by atoms with Crippen molar-refractivity contribution in [3.05, 3.63) is 36.0 Å². The molecule has 2 heterocycles. The van der Waals surface area contributed by atoms with E-state index in [1.54, 1.807) is 6.92 Å². The van der Waals surface area contributed by atoms with Crippen molar-refractivity contribution in [3.8, 4) is 0 Å². The summed E-state index contributed by atoms with van der Waals surface area (Å²) in [5.41, 5.74) is -0.259. The third-order valence-electron chi connectivity index (χ3n) is 3.56. The Hall–Kier alpha value is -2.31. The number of carbonyl (C=O) groups is 1. The number of aryl methyl sites for hydroxylation is 1. The number of carbonyl (C=O) groups excluding carboxylic acids is 1. The molecule has 0 unspecified atom stereocenters. The van der Waals surface area contributed by atoms with Gasteiger partial charge in [0.15, 0.2) is 5.82 Å². The van der Waals surface area contributed by atoms with Gasteiger partial charge in [0, 0.05) is 19.3 Å². The minimum absolute atomic E-state index is 0.262. The van der Waals surface area contributed by atoms with E-state index in [9.17, 15) is 4.79 Å². The van der Waals surface area contributed by atoms with Crippen LogP contribution in [0, 0.1) is 6.92 Å². The van der Waals surface area contributed by atoms with Gasteiger partial charge in [0.1, 0.15) is 11.2 Å². The van der Waals surface area contributed by atoms with Crippen LogP contribution >= 0.6 is 0 Å². The Kier molecular flexibility index (Phi) is 3.17. The number of nitrogens with one attached hydrogen (secondary N) is 1. The van der Waals surface area contributed by atoms with Gasteiger partial charge in [0.25, 0.3) is 5.91 Å². The summed E-state index contributed by atoms with van der Waals surface area (Å²) in [6, 6.07) is 0. The molecule has 0 aromatic carbocycles. The number of amides is 1. The highest BCUT2D eigenvalue weighted by molar-refractivity contribution is 5.92. The van der Waals surface area contributed by atoms with E-state index in [2.05, 4.69) is 25.4 Å². The van der Waals surface area contributed by atoms with Gasteiger partial charge in [-0.3, -0.25) is 9.78 Å². The predicted molar refractivity (Wildman–Crippen MR) is 68.7 cm³/mol. The molecule has 2 aromatic heterocycles. The Morgan fingerprint density at radius 2 is 2.15 bits per heavy atom. The molecule has 1 aliphatic carbocycles. The van der Waals surface area contributed by atoms with Crippen LogP contribution in [0.4, 0.5) is 0 Å². The minimum Gasteiger partial charge on any atom is -0.340 e. The maximum atomic E-state index is 12.3. The Morgan fingerprint density at radius 1 is 1.35 bits per heavy atom. The molecule has 0 saturated heterocycles. The summed E-state index contributed by atoms with van der Waals surface area (Å²) in [5, 5.41) is 6.99. The Bertz CT molecular complexity index is 604. The number of rotatable bonds is 3. The number of aromatic nitrogens is 4. The molecular formula is C13H15N5O2. The molecule has 1 N–H and O–H groups in total. The molecule has 0 spiro atoms. The van der Waals surface area contributed by atoms with Crippen molar-refractivity contribution in [1.82, 2.24) is 25.4 Å². The standard InChI is InChI=1S/C13H15N5O2/c1-9-16-12(18-20-9)13(4-2-3-5-13)17-11(19)10-8-14-6-7-15-10/h6-8H,2-5H2,1H3,(H,17,19). The predicted octanol–water partition coefficient (Wildman–Crippen LogP) is 1.37.